The number of carbonyl (C=O) groups is 6. The van der Waals surface area contributed by atoms with E-state index in [4.69, 9.17) is 14.2 Å². The lowest BCUT2D eigenvalue weighted by Gasteiger charge is -2.44. The van der Waals surface area contributed by atoms with Crippen LogP contribution in [-0.2, 0) is 49.2 Å². The smallest absolute Gasteiger partial charge is 0.379 e. The topological polar surface area (TPSA) is 239 Å². The van der Waals surface area contributed by atoms with Crippen molar-refractivity contribution in [2.45, 2.75) is 101 Å². The number of pyridine rings is 1. The summed E-state index contributed by atoms with van der Waals surface area (Å²) >= 11 is 0. The van der Waals surface area contributed by atoms with Gasteiger partial charge in [-0.2, -0.15) is 13.2 Å². The number of rotatable bonds is 25. The predicted molar refractivity (Wildman–Crippen MR) is 253 cm³/mol. The zero-order valence-electron chi connectivity index (χ0n) is 40.7. The first-order valence-electron chi connectivity index (χ1n) is 24.1. The fraction of sp³-hybridized carbons (Fsp3) is 0.604. The fourth-order valence-electron chi connectivity index (χ4n) is 9.26. The monoisotopic (exact) mass is 997 g/mol. The normalized spacial score (nSPS) is 21.5. The van der Waals surface area contributed by atoms with Crippen LogP contribution in [0.25, 0.3) is 10.9 Å². The van der Waals surface area contributed by atoms with Gasteiger partial charge in [0.05, 0.1) is 68.2 Å². The molecule has 1 aromatic carbocycles. The van der Waals surface area contributed by atoms with Crippen molar-refractivity contribution in [3.63, 3.8) is 0 Å². The van der Waals surface area contributed by atoms with E-state index in [-0.39, 0.29) is 149 Å². The molecule has 1 aliphatic carbocycles. The number of halogens is 3. The van der Waals surface area contributed by atoms with Gasteiger partial charge in [0.2, 0.25) is 35.4 Å². The van der Waals surface area contributed by atoms with Crippen LogP contribution in [0.3, 0.4) is 0 Å². The summed E-state index contributed by atoms with van der Waals surface area (Å²) in [6.07, 6.45) is 2.68. The van der Waals surface area contributed by atoms with E-state index in [0.717, 1.165) is 24.1 Å². The highest BCUT2D eigenvalue weighted by atomic mass is 19.4. The molecule has 0 bridgehead atoms. The Hall–Kier alpha value is -6.04. The van der Waals surface area contributed by atoms with Gasteiger partial charge in [-0.15, -0.1) is 0 Å². The number of alkyl halides is 3. The minimum atomic E-state index is -4.56. The van der Waals surface area contributed by atoms with Crippen LogP contribution in [0.5, 0.6) is 0 Å². The zero-order valence-corrected chi connectivity index (χ0v) is 40.7. The third-order valence-electron chi connectivity index (χ3n) is 13.2. The van der Waals surface area contributed by atoms with Gasteiger partial charge in [0.1, 0.15) is 24.8 Å². The number of anilines is 1. The zero-order chi connectivity index (χ0) is 51.1. The molecule has 3 aliphatic rings. The molecule has 0 unspecified atom stereocenters. The Morgan fingerprint density at radius 2 is 1.58 bits per heavy atom. The standard InChI is InChI=1S/C48H66F3N11O9/c1-30(2)60(3)33-8-10-39(62-18-11-37(47(62)68)59-45-34-24-32(48(49,50)51)7-9-36(34)56-29-57-45)38(25-33)58-41(64)13-20-70-21-15-53-40(63)12-19-69-22-16-54-42(65)28-71-23-17-55-46(67)35-26-43(66)61(4)44(35)31-6-5-14-52-27-31/h5-7,9,14,24,27,29-30,33,35,37-39,44H,8,10-13,15-23,25-26,28H2,1-4H3,(H,53,63)(H,54,65)(H,55,67)(H,58,64)(H,56,57,59)/t33-,35+,37+,38-,39+,44-/m1/s1. The lowest BCUT2D eigenvalue weighted by atomic mass is 9.84. The molecule has 6 amide bonds. The number of nitrogens with one attached hydrogen (secondary N) is 5. The summed E-state index contributed by atoms with van der Waals surface area (Å²) in [5, 5.41) is 14.6. The number of hydrogen-bond donors (Lipinski definition) is 5. The SMILES string of the molecule is CC(C)N(C)[C@@H]1CC[C@H](N2CC[C@H](Nc3ncnc4ccc(C(F)(F)F)cc34)C2=O)[C@H](NC(=O)CCOCCNC(=O)CCOCCNC(=O)COCCNC(=O)[C@H]2CC(=O)N(C)[C@@H]2c2cccnc2)C1. The molecule has 6 atom stereocenters. The van der Waals surface area contributed by atoms with Gasteiger partial charge in [-0.25, -0.2) is 9.97 Å². The van der Waals surface area contributed by atoms with Crippen molar-refractivity contribution in [1.82, 2.24) is 50.9 Å². The molecule has 2 aliphatic heterocycles. The maximum Gasteiger partial charge on any atom is 0.416 e. The number of carbonyl (C=O) groups excluding carboxylic acids is 6. The molecule has 1 saturated carbocycles. The molecule has 5 N–H and O–H groups in total. The van der Waals surface area contributed by atoms with Gasteiger partial charge >= 0.3 is 6.18 Å². The van der Waals surface area contributed by atoms with E-state index >= 15 is 0 Å². The third kappa shape index (κ3) is 15.2. The number of aromatic nitrogens is 3. The lowest BCUT2D eigenvalue weighted by Crippen LogP contribution is -2.58. The van der Waals surface area contributed by atoms with Crippen LogP contribution in [0, 0.1) is 5.92 Å². The maximum absolute atomic E-state index is 13.9. The van der Waals surface area contributed by atoms with Crippen molar-refractivity contribution >= 4 is 52.2 Å². The molecule has 2 aromatic heterocycles. The van der Waals surface area contributed by atoms with Crippen molar-refractivity contribution in [2.24, 2.45) is 5.92 Å². The van der Waals surface area contributed by atoms with E-state index in [1.165, 1.54) is 12.4 Å². The highest BCUT2D eigenvalue weighted by Crippen LogP contribution is 2.37. The summed E-state index contributed by atoms with van der Waals surface area (Å²) in [4.78, 5) is 94.9. The Balaban J connectivity index is 0.821. The van der Waals surface area contributed by atoms with Crippen LogP contribution in [0.15, 0.2) is 49.1 Å². The van der Waals surface area contributed by atoms with Crippen molar-refractivity contribution in [3.05, 3.63) is 60.2 Å². The number of nitrogens with zero attached hydrogens (tertiary/aromatic N) is 6. The molecule has 4 heterocycles. The van der Waals surface area contributed by atoms with Crippen LogP contribution in [0.4, 0.5) is 19.0 Å². The molecule has 71 heavy (non-hydrogen) atoms. The van der Waals surface area contributed by atoms with Gasteiger partial charge in [0.15, 0.2) is 0 Å². The van der Waals surface area contributed by atoms with Crippen molar-refractivity contribution in [1.29, 1.82) is 0 Å². The average Bonchev–Trinajstić information content (AvgIpc) is 3.86. The number of likely N-dealkylation sites (tertiary alicyclic amines) is 2. The summed E-state index contributed by atoms with van der Waals surface area (Å²) in [5.74, 6) is -1.91. The summed E-state index contributed by atoms with van der Waals surface area (Å²) in [7, 11) is 3.71. The van der Waals surface area contributed by atoms with Crippen LogP contribution < -0.4 is 26.6 Å². The van der Waals surface area contributed by atoms with Crippen LogP contribution >= 0.6 is 0 Å². The van der Waals surface area contributed by atoms with Crippen LogP contribution in [-0.4, -0.2) is 175 Å². The number of hydrogen-bond acceptors (Lipinski definition) is 14. The Labute approximate surface area is 410 Å². The molecule has 20 nitrogen and oxygen atoms in total. The highest BCUT2D eigenvalue weighted by molar-refractivity contribution is 5.93. The van der Waals surface area contributed by atoms with Gasteiger partial charge in [0, 0.05) is 82.4 Å². The molecule has 2 saturated heterocycles. The van der Waals surface area contributed by atoms with E-state index in [1.807, 2.05) is 13.1 Å². The van der Waals surface area contributed by atoms with Crippen LogP contribution in [0.1, 0.15) is 76.0 Å². The van der Waals surface area contributed by atoms with Gasteiger partial charge < -0.3 is 55.5 Å². The Morgan fingerprint density at radius 3 is 2.28 bits per heavy atom. The summed E-state index contributed by atoms with van der Waals surface area (Å²) in [5.41, 5.74) is 0.251. The fourth-order valence-corrected chi connectivity index (χ4v) is 9.26. The largest absolute Gasteiger partial charge is 0.416 e. The first-order chi connectivity index (χ1) is 34.0. The molecule has 3 aromatic rings. The second kappa shape index (κ2) is 25.9. The van der Waals surface area contributed by atoms with Crippen molar-refractivity contribution in [2.75, 3.05) is 85.2 Å². The molecule has 0 spiro atoms. The van der Waals surface area contributed by atoms with E-state index in [2.05, 4.69) is 60.3 Å². The molecular weight excluding hydrogens is 932 g/mol. The predicted octanol–water partition coefficient (Wildman–Crippen LogP) is 2.20. The molecule has 23 heteroatoms. The van der Waals surface area contributed by atoms with E-state index < -0.39 is 29.7 Å². The summed E-state index contributed by atoms with van der Waals surface area (Å²) < 4.78 is 57.1. The molecule has 0 radical (unpaired) electrons. The number of fused-ring (bicyclic) bond motifs is 1. The second-order valence-corrected chi connectivity index (χ2v) is 18.3. The molecular formula is C48H66F3N11O9. The summed E-state index contributed by atoms with van der Waals surface area (Å²) in [6.45, 7) is 5.65. The lowest BCUT2D eigenvalue weighted by molar-refractivity contribution is -0.137. The Morgan fingerprint density at radius 1 is 0.873 bits per heavy atom. The average molecular weight is 998 g/mol. The minimum absolute atomic E-state index is 0.0618. The van der Waals surface area contributed by atoms with Crippen molar-refractivity contribution in [3.8, 4) is 0 Å². The Kier molecular flexibility index (Phi) is 19.8. The van der Waals surface area contributed by atoms with Gasteiger partial charge in [0.25, 0.3) is 0 Å². The number of benzene rings is 1. The molecule has 3 fully saturated rings. The van der Waals surface area contributed by atoms with Gasteiger partial charge in [-0.3, -0.25) is 33.8 Å². The highest BCUT2D eigenvalue weighted by Gasteiger charge is 2.44. The second-order valence-electron chi connectivity index (χ2n) is 18.3. The minimum Gasteiger partial charge on any atom is -0.379 e. The molecule has 6 rings (SSSR count). The Bertz CT molecular complexity index is 2300. The van der Waals surface area contributed by atoms with Gasteiger partial charge in [-0.1, -0.05) is 6.07 Å². The van der Waals surface area contributed by atoms with E-state index in [1.54, 1.807) is 35.3 Å². The maximum atomic E-state index is 13.9. The first kappa shape index (κ1) is 54.3. The van der Waals surface area contributed by atoms with E-state index in [0.29, 0.717) is 31.3 Å². The van der Waals surface area contributed by atoms with E-state index in [9.17, 15) is 41.9 Å². The quantitative estimate of drug-likeness (QED) is 0.0766. The first-order valence-corrected chi connectivity index (χ1v) is 24.1. The van der Waals surface area contributed by atoms with Crippen molar-refractivity contribution < 1.29 is 56.1 Å². The molecule has 388 valence electrons. The summed E-state index contributed by atoms with van der Waals surface area (Å²) in [6, 6.07) is 5.47. The number of amides is 6. The van der Waals surface area contributed by atoms with Gasteiger partial charge in [-0.05, 0) is 76.4 Å². The third-order valence-corrected chi connectivity index (χ3v) is 13.2. The number of ether oxygens (including phenoxy) is 3. The van der Waals surface area contributed by atoms with Crippen LogP contribution in [0.2, 0.25) is 0 Å².